The number of rotatable bonds is 7. The number of hydrogen-bond donors (Lipinski definition) is 1. The van der Waals surface area contributed by atoms with Crippen molar-refractivity contribution >= 4 is 27.3 Å². The number of aryl methyl sites for hydroxylation is 1. The van der Waals surface area contributed by atoms with Crippen molar-refractivity contribution in [2.75, 3.05) is 14.2 Å². The number of carbonyl (C=O) groups excluding carboxylic acids is 1. The number of thiophene rings is 1. The second-order valence-corrected chi connectivity index (χ2v) is 10.9. The molecule has 2 aromatic heterocycles. The number of methoxy groups -OCH3 is 1. The molecule has 0 atom stereocenters. The molecule has 2 heterocycles. The molecule has 0 unspecified atom stereocenters. The van der Waals surface area contributed by atoms with E-state index in [4.69, 9.17) is 4.74 Å². The van der Waals surface area contributed by atoms with Crippen LogP contribution < -0.4 is 10.1 Å². The van der Waals surface area contributed by atoms with Gasteiger partial charge in [-0.05, 0) is 87.2 Å². The minimum absolute atomic E-state index is 0.0535. The molecule has 2 aromatic carbocycles. The summed E-state index contributed by atoms with van der Waals surface area (Å²) < 4.78 is 48.5. The van der Waals surface area contributed by atoms with Crippen LogP contribution in [0.25, 0.3) is 21.2 Å². The number of hydrogen-bond acceptors (Lipinski definition) is 5. The smallest absolute Gasteiger partial charge is 0.264 e. The van der Waals surface area contributed by atoms with E-state index in [1.54, 1.807) is 20.1 Å². The van der Waals surface area contributed by atoms with E-state index >= 15 is 0 Å². The summed E-state index contributed by atoms with van der Waals surface area (Å²) in [6.45, 7) is 1.92. The van der Waals surface area contributed by atoms with Gasteiger partial charge in [0.05, 0.1) is 16.7 Å². The normalized spacial score (nSPS) is 17.4. The molecular weight excluding hydrogens is 523 g/mol. The van der Waals surface area contributed by atoms with Gasteiger partial charge in [0.1, 0.15) is 17.4 Å². The van der Waals surface area contributed by atoms with E-state index in [9.17, 15) is 18.0 Å². The minimum Gasteiger partial charge on any atom is -0.496 e. The zero-order chi connectivity index (χ0) is 27.7. The van der Waals surface area contributed by atoms with Gasteiger partial charge in [0.25, 0.3) is 5.91 Å². The van der Waals surface area contributed by atoms with Crippen molar-refractivity contribution in [1.82, 2.24) is 15.2 Å². The Balaban J connectivity index is 1.55. The molecule has 5 nitrogen and oxygen atoms in total. The highest BCUT2D eigenvalue weighted by atomic mass is 32.1. The molecule has 39 heavy (non-hydrogen) atoms. The van der Waals surface area contributed by atoms with Crippen molar-refractivity contribution in [3.05, 3.63) is 82.2 Å². The van der Waals surface area contributed by atoms with Crippen molar-refractivity contribution in [2.45, 2.75) is 51.2 Å². The predicted molar refractivity (Wildman–Crippen MR) is 148 cm³/mol. The second kappa shape index (κ2) is 11.4. The Morgan fingerprint density at radius 2 is 1.77 bits per heavy atom. The van der Waals surface area contributed by atoms with Gasteiger partial charge in [-0.1, -0.05) is 6.07 Å². The number of ether oxygens (including phenoxy) is 1. The fourth-order valence-corrected chi connectivity index (χ4v) is 6.65. The molecular formula is C30H30F3N3O2S. The molecule has 5 rings (SSSR count). The monoisotopic (exact) mass is 553 g/mol. The van der Waals surface area contributed by atoms with Crippen LogP contribution in [0, 0.1) is 24.5 Å². The fourth-order valence-electron chi connectivity index (χ4n) is 5.46. The number of nitrogens with zero attached hydrogens (tertiary/aromatic N) is 2. The number of carbonyl (C=O) groups is 1. The van der Waals surface area contributed by atoms with Crippen molar-refractivity contribution in [3.8, 4) is 16.9 Å². The number of benzene rings is 2. The van der Waals surface area contributed by atoms with Crippen LogP contribution in [0.4, 0.5) is 13.2 Å². The molecule has 0 aliphatic heterocycles. The van der Waals surface area contributed by atoms with Gasteiger partial charge in [-0.2, -0.15) is 4.39 Å². The van der Waals surface area contributed by atoms with Crippen molar-refractivity contribution in [2.24, 2.45) is 0 Å². The summed E-state index contributed by atoms with van der Waals surface area (Å²) in [5, 5.41) is 3.48. The van der Waals surface area contributed by atoms with E-state index in [1.165, 1.54) is 12.3 Å². The van der Waals surface area contributed by atoms with Crippen LogP contribution in [0.2, 0.25) is 0 Å². The van der Waals surface area contributed by atoms with Gasteiger partial charge in [-0.15, -0.1) is 11.3 Å². The predicted octanol–water partition coefficient (Wildman–Crippen LogP) is 6.87. The van der Waals surface area contributed by atoms with Crippen LogP contribution >= 0.6 is 11.3 Å². The Morgan fingerprint density at radius 1 is 1.05 bits per heavy atom. The Kier molecular flexibility index (Phi) is 7.91. The van der Waals surface area contributed by atoms with E-state index in [-0.39, 0.29) is 28.6 Å². The van der Waals surface area contributed by atoms with Crippen molar-refractivity contribution in [3.63, 3.8) is 0 Å². The number of pyridine rings is 1. The zero-order valence-corrected chi connectivity index (χ0v) is 22.9. The molecule has 1 aliphatic carbocycles. The van der Waals surface area contributed by atoms with Gasteiger partial charge in [0.2, 0.25) is 5.95 Å². The maximum atomic E-state index is 14.7. The molecule has 1 amide bonds. The van der Waals surface area contributed by atoms with Gasteiger partial charge < -0.3 is 15.0 Å². The van der Waals surface area contributed by atoms with Crippen LogP contribution in [0.15, 0.2) is 48.7 Å². The summed E-state index contributed by atoms with van der Waals surface area (Å²) in [6, 6.07) is 11.1. The summed E-state index contributed by atoms with van der Waals surface area (Å²) in [6.07, 6.45) is 4.89. The molecule has 9 heteroatoms. The highest BCUT2D eigenvalue weighted by Crippen LogP contribution is 2.37. The molecule has 0 bridgehead atoms. The Morgan fingerprint density at radius 3 is 2.41 bits per heavy atom. The number of fused-ring (bicyclic) bond motifs is 1. The maximum absolute atomic E-state index is 14.7. The first-order chi connectivity index (χ1) is 18.8. The number of aromatic nitrogens is 1. The number of halogens is 3. The first-order valence-electron chi connectivity index (χ1n) is 12.9. The summed E-state index contributed by atoms with van der Waals surface area (Å²) >= 11 is 0.998. The van der Waals surface area contributed by atoms with E-state index in [0.717, 1.165) is 65.8 Å². The molecule has 0 radical (unpaired) electrons. The summed E-state index contributed by atoms with van der Waals surface area (Å²) in [4.78, 5) is 20.1. The number of amides is 1. The zero-order valence-electron chi connectivity index (χ0n) is 22.1. The molecule has 1 aliphatic rings. The Labute approximate surface area is 229 Å². The van der Waals surface area contributed by atoms with E-state index in [1.807, 2.05) is 30.1 Å². The highest BCUT2D eigenvalue weighted by Gasteiger charge is 2.32. The molecule has 0 spiro atoms. The standard InChI is InChI=1S/C30H30F3N3O2S/c1-17-27-23(31)10-11-24(32)29(27)39-28(17)30(37)36(22-8-6-21(34-2)7-9-22)16-20-14-18(4-12-25(20)38-3)19-5-13-26(33)35-15-19/h4-5,10-15,21-22,34H,6-9,16H2,1-3H3. The average molecular weight is 554 g/mol. The van der Waals surface area contributed by atoms with Gasteiger partial charge in [0, 0.05) is 41.3 Å². The SMILES string of the molecule is CNC1CCC(N(Cc2cc(-c3ccc(F)nc3)ccc2OC)C(=O)c2sc3c(F)ccc(F)c3c2C)CC1. The summed E-state index contributed by atoms with van der Waals surface area (Å²) in [5.74, 6) is -1.28. The quantitative estimate of drug-likeness (QED) is 0.254. The maximum Gasteiger partial charge on any atom is 0.264 e. The Hall–Kier alpha value is -3.43. The van der Waals surface area contributed by atoms with Crippen LogP contribution in [0.3, 0.4) is 0 Å². The topological polar surface area (TPSA) is 54.5 Å². The van der Waals surface area contributed by atoms with Crippen LogP contribution in [-0.4, -0.2) is 42.0 Å². The minimum atomic E-state index is -0.562. The average Bonchev–Trinajstić information content (AvgIpc) is 3.32. The lowest BCUT2D eigenvalue weighted by atomic mass is 9.89. The molecule has 1 saturated carbocycles. The second-order valence-electron chi connectivity index (χ2n) is 9.91. The lowest BCUT2D eigenvalue weighted by molar-refractivity contribution is 0.0604. The van der Waals surface area contributed by atoms with Gasteiger partial charge >= 0.3 is 0 Å². The fraction of sp³-hybridized carbons (Fsp3) is 0.333. The van der Waals surface area contributed by atoms with Crippen molar-refractivity contribution in [1.29, 1.82) is 0 Å². The van der Waals surface area contributed by atoms with Gasteiger partial charge in [-0.25, -0.2) is 13.8 Å². The number of nitrogens with one attached hydrogen (secondary N) is 1. The molecule has 204 valence electrons. The highest BCUT2D eigenvalue weighted by molar-refractivity contribution is 7.21. The third-order valence-corrected chi connectivity index (χ3v) is 8.95. The summed E-state index contributed by atoms with van der Waals surface area (Å²) in [5.41, 5.74) is 2.77. The molecule has 1 fully saturated rings. The summed E-state index contributed by atoms with van der Waals surface area (Å²) in [7, 11) is 3.52. The molecule has 4 aromatic rings. The third kappa shape index (κ3) is 5.38. The van der Waals surface area contributed by atoms with Crippen LogP contribution in [0.5, 0.6) is 5.75 Å². The van der Waals surface area contributed by atoms with Gasteiger partial charge in [0.15, 0.2) is 0 Å². The lowest BCUT2D eigenvalue weighted by Gasteiger charge is -2.37. The molecule has 1 N–H and O–H groups in total. The Bertz CT molecular complexity index is 1500. The largest absolute Gasteiger partial charge is 0.496 e. The van der Waals surface area contributed by atoms with Gasteiger partial charge in [-0.3, -0.25) is 4.79 Å². The third-order valence-electron chi connectivity index (χ3n) is 7.66. The lowest BCUT2D eigenvalue weighted by Crippen LogP contribution is -2.44. The first-order valence-corrected chi connectivity index (χ1v) is 13.8. The van der Waals surface area contributed by atoms with E-state index in [0.29, 0.717) is 22.2 Å². The van der Waals surface area contributed by atoms with Crippen LogP contribution in [-0.2, 0) is 6.54 Å². The van der Waals surface area contributed by atoms with Crippen LogP contribution in [0.1, 0.15) is 46.5 Å². The van der Waals surface area contributed by atoms with E-state index < -0.39 is 17.6 Å². The van der Waals surface area contributed by atoms with E-state index in [2.05, 4.69) is 10.3 Å². The van der Waals surface area contributed by atoms with Crippen molar-refractivity contribution < 1.29 is 22.7 Å². The first kappa shape index (κ1) is 27.1. The molecule has 0 saturated heterocycles.